The molecule has 9 nitrogen and oxygen atoms in total. The van der Waals surface area contributed by atoms with E-state index in [2.05, 4.69) is 25.7 Å². The molecule has 1 atom stereocenters. The number of aliphatic imine (C=N–C) groups is 2. The Morgan fingerprint density at radius 2 is 2.14 bits per heavy atom. The molecule has 9 heteroatoms. The first-order chi connectivity index (χ1) is 13.4. The van der Waals surface area contributed by atoms with Crippen LogP contribution in [0.1, 0.15) is 19.4 Å². The minimum atomic E-state index is -0.531. The number of hydrogen-bond donors (Lipinski definition) is 2. The highest BCUT2D eigenvalue weighted by Crippen LogP contribution is 2.39. The topological polar surface area (TPSA) is 96.0 Å². The summed E-state index contributed by atoms with van der Waals surface area (Å²) in [4.78, 5) is 21.0. The van der Waals surface area contributed by atoms with E-state index in [1.165, 1.54) is 0 Å². The second-order valence-electron chi connectivity index (χ2n) is 7.49. The molecular formula is C19H19N8O+. The smallest absolute Gasteiger partial charge is 0.287 e. The van der Waals surface area contributed by atoms with E-state index in [0.717, 1.165) is 22.6 Å². The molecule has 0 radical (unpaired) electrons. The number of anilines is 2. The van der Waals surface area contributed by atoms with Gasteiger partial charge >= 0.3 is 0 Å². The quantitative estimate of drug-likeness (QED) is 0.789. The van der Waals surface area contributed by atoms with Gasteiger partial charge in [0.25, 0.3) is 11.8 Å². The fourth-order valence-electron chi connectivity index (χ4n) is 3.59. The van der Waals surface area contributed by atoms with Crippen molar-refractivity contribution in [2.45, 2.75) is 19.3 Å². The van der Waals surface area contributed by atoms with Gasteiger partial charge in [-0.05, 0) is 36.6 Å². The summed E-state index contributed by atoms with van der Waals surface area (Å²) in [6.45, 7) is 3.83. The summed E-state index contributed by atoms with van der Waals surface area (Å²) in [6.07, 6.45) is 8.91. The number of carbonyl (C=O) groups excluding carboxylic acids is 1. The number of aryl methyl sites for hydroxylation is 1. The zero-order valence-electron chi connectivity index (χ0n) is 15.7. The van der Waals surface area contributed by atoms with Crippen molar-refractivity contribution in [1.29, 1.82) is 0 Å². The Kier molecular flexibility index (Phi) is 3.23. The highest BCUT2D eigenvalue weighted by Gasteiger charge is 2.44. The summed E-state index contributed by atoms with van der Waals surface area (Å²) in [6, 6.07) is 5.79. The van der Waals surface area contributed by atoms with E-state index in [4.69, 9.17) is 5.10 Å². The van der Waals surface area contributed by atoms with Gasteiger partial charge in [0.05, 0.1) is 17.8 Å². The Balaban J connectivity index is 1.50. The van der Waals surface area contributed by atoms with Gasteiger partial charge in [0.1, 0.15) is 12.4 Å². The third-order valence-corrected chi connectivity index (χ3v) is 5.23. The van der Waals surface area contributed by atoms with E-state index >= 15 is 0 Å². The van der Waals surface area contributed by atoms with Crippen LogP contribution in [-0.4, -0.2) is 33.7 Å². The highest BCUT2D eigenvalue weighted by molar-refractivity contribution is 6.38. The second kappa shape index (κ2) is 5.46. The fraction of sp³-hybridized carbons (Fsp3) is 0.211. The SMILES string of the molecule is Cn1cc([N+]23C=CN=CC2=NC(Nc2ccc4c(c2)NC(=O)C4(C)C)=N3)cn1. The maximum atomic E-state index is 12.2. The van der Waals surface area contributed by atoms with Crippen LogP contribution in [0.5, 0.6) is 0 Å². The van der Waals surface area contributed by atoms with E-state index in [-0.39, 0.29) is 10.5 Å². The summed E-state index contributed by atoms with van der Waals surface area (Å²) in [5.41, 5.74) is 2.92. The van der Waals surface area contributed by atoms with Crippen LogP contribution in [0.25, 0.3) is 0 Å². The molecule has 140 valence electrons. The molecule has 1 amide bonds. The van der Waals surface area contributed by atoms with Gasteiger partial charge in [0, 0.05) is 18.4 Å². The van der Waals surface area contributed by atoms with Gasteiger partial charge in [-0.1, -0.05) is 10.7 Å². The third kappa shape index (κ3) is 2.26. The van der Waals surface area contributed by atoms with Crippen LogP contribution < -0.4 is 15.2 Å². The molecule has 5 rings (SSSR count). The van der Waals surface area contributed by atoms with E-state index < -0.39 is 5.41 Å². The molecule has 3 aliphatic heterocycles. The Labute approximate surface area is 161 Å². The van der Waals surface area contributed by atoms with Gasteiger partial charge in [-0.25, -0.2) is 0 Å². The van der Waals surface area contributed by atoms with Gasteiger partial charge in [0.15, 0.2) is 6.20 Å². The zero-order valence-corrected chi connectivity index (χ0v) is 15.7. The predicted octanol–water partition coefficient (Wildman–Crippen LogP) is 2.31. The van der Waals surface area contributed by atoms with Crippen molar-refractivity contribution >= 4 is 41.0 Å². The first-order valence-electron chi connectivity index (χ1n) is 8.90. The van der Waals surface area contributed by atoms with Crippen LogP contribution in [0.2, 0.25) is 0 Å². The molecule has 0 fully saturated rings. The summed E-state index contributed by atoms with van der Waals surface area (Å²) >= 11 is 0. The molecule has 2 aromatic rings. The normalized spacial score (nSPS) is 23.8. The van der Waals surface area contributed by atoms with E-state index in [9.17, 15) is 4.79 Å². The Hall–Kier alpha value is -3.59. The maximum Gasteiger partial charge on any atom is 0.287 e. The molecule has 28 heavy (non-hydrogen) atoms. The van der Waals surface area contributed by atoms with Crippen molar-refractivity contribution < 1.29 is 4.79 Å². The summed E-state index contributed by atoms with van der Waals surface area (Å²) in [5, 5.41) is 15.2. The van der Waals surface area contributed by atoms with Crippen molar-refractivity contribution in [3.8, 4) is 0 Å². The maximum absolute atomic E-state index is 12.2. The molecule has 0 bridgehead atoms. The molecule has 0 spiro atoms. The number of fused-ring (bicyclic) bond motifs is 2. The molecule has 0 saturated heterocycles. The average Bonchev–Trinajstić information content (AvgIpc) is 3.30. The number of amidine groups is 1. The standard InChI is InChI=1S/C19H18N8O/c1-19(2)14-5-4-12(8-15(14)23-17(19)28)22-18-24-16-10-20-6-7-27(16,25-18)13-9-21-26(3)11-13/h4-11H,1-3H3,(H-,22,23,25,28)/p+1. The number of guanidine groups is 1. The second-order valence-corrected chi connectivity index (χ2v) is 7.49. The van der Waals surface area contributed by atoms with Crippen LogP contribution in [-0.2, 0) is 17.3 Å². The molecule has 0 aliphatic carbocycles. The van der Waals surface area contributed by atoms with Gasteiger partial charge in [-0.2, -0.15) is 10.1 Å². The van der Waals surface area contributed by atoms with Crippen LogP contribution in [0.3, 0.4) is 0 Å². The number of carbonyl (C=O) groups is 1. The lowest BCUT2D eigenvalue weighted by Crippen LogP contribution is -2.44. The van der Waals surface area contributed by atoms with Crippen molar-refractivity contribution in [2.75, 3.05) is 10.6 Å². The van der Waals surface area contributed by atoms with Crippen LogP contribution in [0, 0.1) is 0 Å². The highest BCUT2D eigenvalue weighted by atomic mass is 16.2. The number of amides is 1. The Bertz CT molecular complexity index is 1140. The minimum absolute atomic E-state index is 0.00216. The lowest BCUT2D eigenvalue weighted by molar-refractivity contribution is -0.119. The number of hydrogen-bond acceptors (Lipinski definition) is 6. The minimum Gasteiger partial charge on any atom is -0.325 e. The van der Waals surface area contributed by atoms with Crippen molar-refractivity contribution in [1.82, 2.24) is 14.4 Å². The van der Waals surface area contributed by atoms with E-state index in [0.29, 0.717) is 11.8 Å². The largest absolute Gasteiger partial charge is 0.325 e. The number of benzene rings is 1. The summed E-state index contributed by atoms with van der Waals surface area (Å²) in [7, 11) is 1.86. The van der Waals surface area contributed by atoms with Gasteiger partial charge in [-0.15, -0.1) is 0 Å². The van der Waals surface area contributed by atoms with Crippen LogP contribution in [0.4, 0.5) is 17.1 Å². The molecule has 2 N–H and O–H groups in total. The van der Waals surface area contributed by atoms with Crippen molar-refractivity contribution in [3.63, 3.8) is 0 Å². The Morgan fingerprint density at radius 3 is 2.93 bits per heavy atom. The van der Waals surface area contributed by atoms with Gasteiger partial charge < -0.3 is 10.6 Å². The summed E-state index contributed by atoms with van der Waals surface area (Å²) < 4.78 is 1.81. The molecule has 4 heterocycles. The number of nitrogens with one attached hydrogen (secondary N) is 2. The lowest BCUT2D eigenvalue weighted by Gasteiger charge is -2.21. The molecule has 1 aromatic carbocycles. The average molecular weight is 375 g/mol. The van der Waals surface area contributed by atoms with Gasteiger partial charge in [0.2, 0.25) is 11.6 Å². The zero-order chi connectivity index (χ0) is 19.5. The number of rotatable bonds is 2. The van der Waals surface area contributed by atoms with Crippen molar-refractivity contribution in [2.24, 2.45) is 22.1 Å². The Morgan fingerprint density at radius 1 is 1.29 bits per heavy atom. The first kappa shape index (κ1) is 16.6. The molecule has 1 unspecified atom stereocenters. The monoisotopic (exact) mass is 375 g/mol. The van der Waals surface area contributed by atoms with Crippen molar-refractivity contribution in [3.05, 3.63) is 48.6 Å². The number of quaternary nitrogens is 1. The number of nitrogens with zero attached hydrogens (tertiary/aromatic N) is 6. The lowest BCUT2D eigenvalue weighted by atomic mass is 9.86. The van der Waals surface area contributed by atoms with E-state index in [1.807, 2.05) is 51.5 Å². The molecule has 1 aromatic heterocycles. The van der Waals surface area contributed by atoms with Crippen LogP contribution >= 0.6 is 0 Å². The first-order valence-corrected chi connectivity index (χ1v) is 8.90. The molecule has 3 aliphatic rings. The van der Waals surface area contributed by atoms with Gasteiger partial charge in [-0.3, -0.25) is 14.5 Å². The number of aromatic nitrogens is 2. The molecule has 0 saturated carbocycles. The molecular weight excluding hydrogens is 356 g/mol. The summed E-state index contributed by atoms with van der Waals surface area (Å²) in [5.74, 6) is 1.13. The predicted molar refractivity (Wildman–Crippen MR) is 109 cm³/mol. The third-order valence-electron chi connectivity index (χ3n) is 5.23. The van der Waals surface area contributed by atoms with E-state index in [1.54, 1.807) is 23.3 Å². The van der Waals surface area contributed by atoms with Crippen LogP contribution in [0.15, 0.2) is 58.1 Å². The fourth-order valence-corrected chi connectivity index (χ4v) is 3.59.